The second-order valence-corrected chi connectivity index (χ2v) is 10.4. The van der Waals surface area contributed by atoms with Gasteiger partial charge >= 0.3 is 0 Å². The molecular formula is C35H24BBr. The minimum Gasteiger partial charge on any atom is -0.0848 e. The standard InChI is InChI=1S/C35H24BBr/c1-36-34-28-14-6-2-10-24(28)32(25-11-3-7-15-29(25)34)22-18-20-23(21-19-22)33-26-12-4-8-16-30(26)35(37)31-17-9-5-13-27(31)33/h2-21,36H,1H3. The van der Waals surface area contributed by atoms with Crippen molar-refractivity contribution in [2.45, 2.75) is 6.82 Å². The van der Waals surface area contributed by atoms with Gasteiger partial charge in [-0.1, -0.05) is 134 Å². The summed E-state index contributed by atoms with van der Waals surface area (Å²) in [5.41, 5.74) is 6.53. The molecule has 0 radical (unpaired) electrons. The Morgan fingerprint density at radius 1 is 0.405 bits per heavy atom. The number of rotatable bonds is 3. The molecule has 0 amide bonds. The molecule has 7 aromatic carbocycles. The highest BCUT2D eigenvalue weighted by atomic mass is 79.9. The van der Waals surface area contributed by atoms with Crippen LogP contribution in [0.2, 0.25) is 6.82 Å². The van der Waals surface area contributed by atoms with Crippen molar-refractivity contribution in [1.82, 2.24) is 0 Å². The second kappa shape index (κ2) is 8.90. The van der Waals surface area contributed by atoms with Crippen LogP contribution in [0.1, 0.15) is 0 Å². The molecule has 0 N–H and O–H groups in total. The van der Waals surface area contributed by atoms with Crippen LogP contribution in [0.25, 0.3) is 65.3 Å². The number of benzene rings is 7. The van der Waals surface area contributed by atoms with E-state index in [1.54, 1.807) is 0 Å². The minimum atomic E-state index is 1.02. The third kappa shape index (κ3) is 3.44. The van der Waals surface area contributed by atoms with Crippen LogP contribution in [0.5, 0.6) is 0 Å². The van der Waals surface area contributed by atoms with E-state index in [1.165, 1.54) is 70.8 Å². The maximum atomic E-state index is 3.89. The molecular weight excluding hydrogens is 511 g/mol. The summed E-state index contributed by atoms with van der Waals surface area (Å²) in [7, 11) is 1.02. The topological polar surface area (TPSA) is 0 Å². The van der Waals surface area contributed by atoms with Gasteiger partial charge in [0.1, 0.15) is 0 Å². The first-order valence-corrected chi connectivity index (χ1v) is 13.7. The van der Waals surface area contributed by atoms with E-state index in [0.717, 1.165) is 11.8 Å². The zero-order valence-electron chi connectivity index (χ0n) is 20.6. The van der Waals surface area contributed by atoms with Crippen LogP contribution >= 0.6 is 15.9 Å². The van der Waals surface area contributed by atoms with Crippen LogP contribution in [-0.4, -0.2) is 7.28 Å². The summed E-state index contributed by atoms with van der Waals surface area (Å²) in [6, 6.07) is 44.3. The summed E-state index contributed by atoms with van der Waals surface area (Å²) in [6.45, 7) is 2.26. The van der Waals surface area contributed by atoms with Gasteiger partial charge in [-0.05, 0) is 81.3 Å². The third-order valence-corrected chi connectivity index (χ3v) is 8.58. The van der Waals surface area contributed by atoms with Gasteiger partial charge in [0.25, 0.3) is 0 Å². The molecule has 0 unspecified atom stereocenters. The van der Waals surface area contributed by atoms with Crippen molar-refractivity contribution in [2.75, 3.05) is 0 Å². The molecule has 0 spiro atoms. The lowest BCUT2D eigenvalue weighted by molar-refractivity contribution is 1.65. The highest BCUT2D eigenvalue weighted by Gasteiger charge is 2.16. The van der Waals surface area contributed by atoms with Gasteiger partial charge in [0.2, 0.25) is 0 Å². The number of fused-ring (bicyclic) bond motifs is 4. The van der Waals surface area contributed by atoms with Gasteiger partial charge in [-0.25, -0.2) is 0 Å². The van der Waals surface area contributed by atoms with E-state index >= 15 is 0 Å². The number of hydrogen-bond acceptors (Lipinski definition) is 0. The van der Waals surface area contributed by atoms with Gasteiger partial charge in [0.05, 0.1) is 0 Å². The van der Waals surface area contributed by atoms with Crippen molar-refractivity contribution in [2.24, 2.45) is 0 Å². The fraction of sp³-hybridized carbons (Fsp3) is 0.0286. The lowest BCUT2D eigenvalue weighted by atomic mass is 9.68. The van der Waals surface area contributed by atoms with Crippen LogP contribution in [0.15, 0.2) is 126 Å². The Balaban J connectivity index is 1.50. The molecule has 2 heteroatoms. The van der Waals surface area contributed by atoms with Gasteiger partial charge in [0, 0.05) is 4.47 Å². The number of halogens is 1. The Kier molecular flexibility index (Phi) is 5.37. The van der Waals surface area contributed by atoms with Crippen molar-refractivity contribution in [1.29, 1.82) is 0 Å². The average molecular weight is 535 g/mol. The van der Waals surface area contributed by atoms with Crippen molar-refractivity contribution < 1.29 is 0 Å². The minimum absolute atomic E-state index is 1.02. The van der Waals surface area contributed by atoms with E-state index in [-0.39, 0.29) is 0 Å². The maximum absolute atomic E-state index is 3.89. The fourth-order valence-electron chi connectivity index (χ4n) is 6.10. The first-order chi connectivity index (χ1) is 18.3. The fourth-order valence-corrected chi connectivity index (χ4v) is 6.79. The Labute approximate surface area is 225 Å². The van der Waals surface area contributed by atoms with E-state index < -0.39 is 0 Å². The summed E-state index contributed by atoms with van der Waals surface area (Å²) in [4.78, 5) is 0. The van der Waals surface area contributed by atoms with Crippen molar-refractivity contribution in [3.63, 3.8) is 0 Å². The first kappa shape index (κ1) is 22.3. The molecule has 0 heterocycles. The summed E-state index contributed by atoms with van der Waals surface area (Å²) in [6.07, 6.45) is 0. The highest BCUT2D eigenvalue weighted by molar-refractivity contribution is 9.10. The third-order valence-electron chi connectivity index (χ3n) is 7.72. The zero-order chi connectivity index (χ0) is 24.9. The lowest BCUT2D eigenvalue weighted by Gasteiger charge is -2.17. The van der Waals surface area contributed by atoms with Crippen LogP contribution in [0.4, 0.5) is 0 Å². The van der Waals surface area contributed by atoms with Crippen LogP contribution in [0.3, 0.4) is 0 Å². The van der Waals surface area contributed by atoms with E-state index in [2.05, 4.69) is 144 Å². The molecule has 0 aliphatic rings. The van der Waals surface area contributed by atoms with Gasteiger partial charge in [-0.15, -0.1) is 0 Å². The van der Waals surface area contributed by atoms with Gasteiger partial charge in [0.15, 0.2) is 7.28 Å². The van der Waals surface area contributed by atoms with Gasteiger partial charge < -0.3 is 0 Å². The van der Waals surface area contributed by atoms with Crippen molar-refractivity contribution in [3.8, 4) is 22.3 Å². The van der Waals surface area contributed by atoms with Crippen molar-refractivity contribution >= 4 is 71.8 Å². The van der Waals surface area contributed by atoms with E-state index in [1.807, 2.05) is 0 Å². The van der Waals surface area contributed by atoms with E-state index in [0.29, 0.717) is 0 Å². The lowest BCUT2D eigenvalue weighted by Crippen LogP contribution is -2.14. The molecule has 7 aromatic rings. The summed E-state index contributed by atoms with van der Waals surface area (Å²) < 4.78 is 1.16. The second-order valence-electron chi connectivity index (χ2n) is 9.66. The normalized spacial score (nSPS) is 11.5. The largest absolute Gasteiger partial charge is 0.156 e. The summed E-state index contributed by atoms with van der Waals surface area (Å²) in [5, 5.41) is 10.4. The zero-order valence-corrected chi connectivity index (χ0v) is 22.2. The SMILES string of the molecule is CBc1c2ccccc2c(-c2ccc(-c3c4ccccc4c(Br)c4ccccc34)cc2)c2ccccc12. The Bertz CT molecular complexity index is 1860. The molecule has 174 valence electrons. The van der Waals surface area contributed by atoms with Crippen molar-refractivity contribution in [3.05, 3.63) is 126 Å². The molecule has 0 fully saturated rings. The number of hydrogen-bond donors (Lipinski definition) is 0. The molecule has 0 atom stereocenters. The molecule has 7 rings (SSSR count). The van der Waals surface area contributed by atoms with E-state index in [4.69, 9.17) is 0 Å². The Morgan fingerprint density at radius 3 is 1.05 bits per heavy atom. The highest BCUT2D eigenvalue weighted by Crippen LogP contribution is 2.42. The first-order valence-electron chi connectivity index (χ1n) is 12.9. The quantitative estimate of drug-likeness (QED) is 0.156. The van der Waals surface area contributed by atoms with Crippen LogP contribution in [-0.2, 0) is 0 Å². The maximum Gasteiger partial charge on any atom is 0.156 e. The van der Waals surface area contributed by atoms with Crippen LogP contribution in [0, 0.1) is 0 Å². The summed E-state index contributed by atoms with van der Waals surface area (Å²) in [5.74, 6) is 0. The Hall–Kier alpha value is -3.88. The molecule has 0 aliphatic heterocycles. The predicted octanol–water partition coefficient (Wildman–Crippen LogP) is 9.51. The average Bonchev–Trinajstić information content (AvgIpc) is 2.96. The molecule has 0 aliphatic carbocycles. The van der Waals surface area contributed by atoms with Gasteiger partial charge in [-0.3, -0.25) is 0 Å². The molecule has 0 bridgehead atoms. The monoisotopic (exact) mass is 534 g/mol. The van der Waals surface area contributed by atoms with E-state index in [9.17, 15) is 0 Å². The smallest absolute Gasteiger partial charge is 0.0848 e. The molecule has 0 aromatic heterocycles. The molecule has 0 nitrogen and oxygen atoms in total. The van der Waals surface area contributed by atoms with Crippen LogP contribution < -0.4 is 5.46 Å². The predicted molar refractivity (Wildman–Crippen MR) is 168 cm³/mol. The van der Waals surface area contributed by atoms with Gasteiger partial charge in [-0.2, -0.15) is 0 Å². The molecule has 0 saturated heterocycles. The Morgan fingerprint density at radius 2 is 0.703 bits per heavy atom. The molecule has 0 saturated carbocycles. The molecule has 37 heavy (non-hydrogen) atoms. The summed E-state index contributed by atoms with van der Waals surface area (Å²) >= 11 is 3.89.